The monoisotopic (exact) mass is 321 g/mol. The zero-order valence-electron chi connectivity index (χ0n) is 11.9. The Bertz CT molecular complexity index is 774. The van der Waals surface area contributed by atoms with E-state index in [1.165, 1.54) is 12.4 Å². The molecule has 1 fully saturated rings. The van der Waals surface area contributed by atoms with Crippen LogP contribution in [0.15, 0.2) is 46.4 Å². The minimum Gasteiger partial charge on any atom is -0.489 e. The molecule has 2 aromatic heterocycles. The van der Waals surface area contributed by atoms with Gasteiger partial charge in [0.2, 0.25) is 0 Å². The van der Waals surface area contributed by atoms with Gasteiger partial charge in [0.15, 0.2) is 6.23 Å². The summed E-state index contributed by atoms with van der Waals surface area (Å²) in [6.45, 7) is -0.0292. The average molecular weight is 321 g/mol. The van der Waals surface area contributed by atoms with E-state index in [1.807, 2.05) is 0 Å². The van der Waals surface area contributed by atoms with Crippen molar-refractivity contribution in [3.63, 3.8) is 0 Å². The molecule has 0 spiro atoms. The van der Waals surface area contributed by atoms with Crippen LogP contribution in [0.1, 0.15) is 6.23 Å². The van der Waals surface area contributed by atoms with Crippen molar-refractivity contribution < 1.29 is 19.7 Å². The van der Waals surface area contributed by atoms with E-state index in [0.717, 1.165) is 10.6 Å². The third-order valence-corrected chi connectivity index (χ3v) is 3.51. The van der Waals surface area contributed by atoms with Gasteiger partial charge in [-0.3, -0.25) is 19.3 Å². The maximum atomic E-state index is 11.8. The van der Waals surface area contributed by atoms with Crippen molar-refractivity contribution >= 4 is 0 Å². The van der Waals surface area contributed by atoms with Gasteiger partial charge in [0, 0.05) is 18.5 Å². The highest BCUT2D eigenvalue weighted by Crippen LogP contribution is 2.28. The van der Waals surface area contributed by atoms with Crippen LogP contribution in [0.4, 0.5) is 0 Å². The molecule has 3 rings (SSSR count). The summed E-state index contributed by atoms with van der Waals surface area (Å²) < 4.78 is 12.0. The smallest absolute Gasteiger partial charge is 0.330 e. The third-order valence-electron chi connectivity index (χ3n) is 3.51. The fourth-order valence-electron chi connectivity index (χ4n) is 2.34. The number of aliphatic hydroxyl groups excluding tert-OH is 2. The van der Waals surface area contributed by atoms with Crippen LogP contribution in [-0.4, -0.2) is 49.7 Å². The average Bonchev–Trinajstić information content (AvgIpc) is 2.82. The second-order valence-corrected chi connectivity index (χ2v) is 5.06. The molecule has 0 aromatic carbocycles. The first-order valence-electron chi connectivity index (χ1n) is 6.92. The van der Waals surface area contributed by atoms with Crippen molar-refractivity contribution in [2.24, 2.45) is 0 Å². The van der Waals surface area contributed by atoms with Crippen molar-refractivity contribution in [2.75, 3.05) is 6.61 Å². The fraction of sp³-hybridized carbons (Fsp3) is 0.357. The van der Waals surface area contributed by atoms with E-state index < -0.39 is 35.8 Å². The van der Waals surface area contributed by atoms with Crippen LogP contribution in [0.2, 0.25) is 0 Å². The lowest BCUT2D eigenvalue weighted by Crippen LogP contribution is -2.37. The normalized spacial score (nSPS) is 27.0. The van der Waals surface area contributed by atoms with E-state index in [4.69, 9.17) is 9.47 Å². The Balaban J connectivity index is 1.73. The molecular formula is C14H15N3O6. The lowest BCUT2D eigenvalue weighted by molar-refractivity contribution is -0.0516. The molecule has 0 unspecified atom stereocenters. The summed E-state index contributed by atoms with van der Waals surface area (Å²) >= 11 is 0. The number of nitrogens with one attached hydrogen (secondary N) is 1. The van der Waals surface area contributed by atoms with Crippen LogP contribution in [0.5, 0.6) is 5.75 Å². The van der Waals surface area contributed by atoms with Crippen molar-refractivity contribution in [3.05, 3.63) is 57.6 Å². The van der Waals surface area contributed by atoms with E-state index in [2.05, 4.69) is 9.97 Å². The Morgan fingerprint density at radius 2 is 2.13 bits per heavy atom. The third kappa shape index (κ3) is 3.16. The van der Waals surface area contributed by atoms with Gasteiger partial charge in [-0.05, 0) is 12.1 Å². The molecule has 0 bridgehead atoms. The lowest BCUT2D eigenvalue weighted by atomic mass is 10.1. The zero-order chi connectivity index (χ0) is 16.4. The number of hydrogen-bond acceptors (Lipinski definition) is 7. The van der Waals surface area contributed by atoms with Gasteiger partial charge in [0.1, 0.15) is 30.7 Å². The summed E-state index contributed by atoms with van der Waals surface area (Å²) in [5.74, 6) is 0.488. The fourth-order valence-corrected chi connectivity index (χ4v) is 2.34. The molecule has 0 aliphatic carbocycles. The quantitative estimate of drug-likeness (QED) is 0.634. The molecule has 3 heterocycles. The van der Waals surface area contributed by atoms with Gasteiger partial charge in [-0.25, -0.2) is 4.79 Å². The molecule has 1 aliphatic rings. The summed E-state index contributed by atoms with van der Waals surface area (Å²) in [5.41, 5.74) is -1.29. The lowest BCUT2D eigenvalue weighted by Gasteiger charge is -2.16. The van der Waals surface area contributed by atoms with E-state index in [-0.39, 0.29) is 6.61 Å². The molecule has 2 aromatic rings. The van der Waals surface area contributed by atoms with Crippen LogP contribution < -0.4 is 16.0 Å². The number of pyridine rings is 1. The molecule has 9 nitrogen and oxygen atoms in total. The first kappa shape index (κ1) is 15.4. The molecule has 9 heteroatoms. The van der Waals surface area contributed by atoms with E-state index in [0.29, 0.717) is 5.75 Å². The Kier molecular flexibility index (Phi) is 4.24. The molecule has 4 atom stereocenters. The number of hydrogen-bond donors (Lipinski definition) is 3. The van der Waals surface area contributed by atoms with E-state index >= 15 is 0 Å². The van der Waals surface area contributed by atoms with Gasteiger partial charge in [0.05, 0.1) is 6.20 Å². The number of aliphatic hydroxyl groups is 2. The highest BCUT2D eigenvalue weighted by Gasteiger charge is 2.44. The number of aromatic nitrogens is 3. The predicted octanol–water partition coefficient (Wildman–Crippen LogP) is -1.37. The molecule has 0 radical (unpaired) electrons. The topological polar surface area (TPSA) is 127 Å². The minimum atomic E-state index is -1.33. The second kappa shape index (κ2) is 6.32. The molecule has 1 saturated heterocycles. The zero-order valence-corrected chi connectivity index (χ0v) is 11.9. The summed E-state index contributed by atoms with van der Waals surface area (Å²) in [4.78, 5) is 28.8. The molecular weight excluding hydrogens is 306 g/mol. The number of H-pyrrole nitrogens is 1. The van der Waals surface area contributed by atoms with Gasteiger partial charge in [0.25, 0.3) is 5.56 Å². The molecule has 23 heavy (non-hydrogen) atoms. The van der Waals surface area contributed by atoms with Crippen LogP contribution in [0.3, 0.4) is 0 Å². The van der Waals surface area contributed by atoms with Crippen molar-refractivity contribution in [1.82, 2.24) is 14.5 Å². The van der Waals surface area contributed by atoms with E-state index in [9.17, 15) is 19.8 Å². The highest BCUT2D eigenvalue weighted by atomic mass is 16.6. The second-order valence-electron chi connectivity index (χ2n) is 5.06. The van der Waals surface area contributed by atoms with Crippen molar-refractivity contribution in [3.8, 4) is 5.75 Å². The Morgan fingerprint density at radius 3 is 2.83 bits per heavy atom. The van der Waals surface area contributed by atoms with Gasteiger partial charge in [-0.2, -0.15) is 0 Å². The summed E-state index contributed by atoms with van der Waals surface area (Å²) in [6.07, 6.45) is -0.230. The predicted molar refractivity (Wildman–Crippen MR) is 77.0 cm³/mol. The number of aromatic amines is 1. The first-order valence-corrected chi connectivity index (χ1v) is 6.92. The van der Waals surface area contributed by atoms with Crippen LogP contribution >= 0.6 is 0 Å². The maximum Gasteiger partial charge on any atom is 0.330 e. The minimum absolute atomic E-state index is 0.0292. The Hall–Kier alpha value is -2.49. The SMILES string of the molecule is O=c1ccn([C@@H]2O[C@H](COc3cccnc3)[C@@H](O)[C@H]2O)c(=O)[nH]1. The van der Waals surface area contributed by atoms with Gasteiger partial charge < -0.3 is 19.7 Å². The number of rotatable bonds is 4. The summed E-state index contributed by atoms with van der Waals surface area (Å²) in [5, 5.41) is 20.1. The van der Waals surface area contributed by atoms with Crippen molar-refractivity contribution in [1.29, 1.82) is 0 Å². The molecule has 0 saturated carbocycles. The maximum absolute atomic E-state index is 11.8. The van der Waals surface area contributed by atoms with Gasteiger partial charge in [-0.1, -0.05) is 0 Å². The van der Waals surface area contributed by atoms with Gasteiger partial charge in [-0.15, -0.1) is 0 Å². The van der Waals surface area contributed by atoms with Crippen LogP contribution in [0.25, 0.3) is 0 Å². The molecule has 122 valence electrons. The van der Waals surface area contributed by atoms with Crippen molar-refractivity contribution in [2.45, 2.75) is 24.5 Å². The summed E-state index contributed by atoms with van der Waals surface area (Å²) in [6, 6.07) is 4.51. The Morgan fingerprint density at radius 1 is 1.30 bits per heavy atom. The van der Waals surface area contributed by atoms with E-state index in [1.54, 1.807) is 18.3 Å². The molecule has 0 amide bonds. The first-order chi connectivity index (χ1) is 11.1. The number of ether oxygens (including phenoxy) is 2. The van der Waals surface area contributed by atoms with Crippen LogP contribution in [0, 0.1) is 0 Å². The molecule has 1 aliphatic heterocycles. The standard InChI is InChI=1S/C14H15N3O6/c18-10-3-5-17(14(21)16-10)13-12(20)11(19)9(23-13)7-22-8-2-1-4-15-6-8/h1-6,9,11-13,19-20H,7H2,(H,16,18,21)/t9-,11-,12-,13-/m1/s1. The van der Waals surface area contributed by atoms with Gasteiger partial charge >= 0.3 is 5.69 Å². The molecule has 3 N–H and O–H groups in total. The largest absolute Gasteiger partial charge is 0.489 e. The summed E-state index contributed by atoms with van der Waals surface area (Å²) in [7, 11) is 0. The Labute approximate surface area is 129 Å². The number of nitrogens with zero attached hydrogens (tertiary/aromatic N) is 2. The highest BCUT2D eigenvalue weighted by molar-refractivity contribution is 5.15. The van der Waals surface area contributed by atoms with Crippen LogP contribution in [-0.2, 0) is 4.74 Å².